The molecule has 1 heterocycles. The molecule has 1 fully saturated rings. The molecule has 0 radical (unpaired) electrons. The number of piperidine rings is 1. The van der Waals surface area contributed by atoms with Crippen LogP contribution in [0, 0.1) is 5.92 Å². The summed E-state index contributed by atoms with van der Waals surface area (Å²) in [5.74, 6) is 0.654. The molecule has 0 N–H and O–H groups in total. The quantitative estimate of drug-likeness (QED) is 0.666. The van der Waals surface area contributed by atoms with Gasteiger partial charge in [-0.2, -0.15) is 0 Å². The number of carbonyl (C=O) groups is 1. The van der Waals surface area contributed by atoms with Gasteiger partial charge in [-0.1, -0.05) is 13.8 Å². The third-order valence-corrected chi connectivity index (χ3v) is 3.50. The fourth-order valence-corrected chi connectivity index (χ4v) is 2.20. The second-order valence-corrected chi connectivity index (χ2v) is 4.45. The molecule has 82 valence electrons. The number of nitrogens with zero attached hydrogens (tertiary/aromatic N) is 1. The van der Waals surface area contributed by atoms with Gasteiger partial charge in [-0.3, -0.25) is 4.79 Å². The van der Waals surface area contributed by atoms with Gasteiger partial charge in [-0.05, 0) is 25.7 Å². The maximum Gasteiger partial charge on any atom is 0.226 e. The first-order chi connectivity index (χ1) is 6.70. The number of amides is 1. The van der Waals surface area contributed by atoms with E-state index < -0.39 is 0 Å². The van der Waals surface area contributed by atoms with E-state index in [1.54, 1.807) is 0 Å². The molecular weight excluding hydrogens is 198 g/mol. The second-order valence-electron chi connectivity index (χ2n) is 4.14. The van der Waals surface area contributed by atoms with Gasteiger partial charge in [0.25, 0.3) is 0 Å². The van der Waals surface area contributed by atoms with E-state index in [0.29, 0.717) is 11.9 Å². The molecule has 1 aliphatic rings. The summed E-state index contributed by atoms with van der Waals surface area (Å²) in [6, 6.07) is 0.460. The third kappa shape index (κ3) is 2.63. The van der Waals surface area contributed by atoms with Gasteiger partial charge in [0.2, 0.25) is 5.91 Å². The predicted molar refractivity (Wildman–Crippen MR) is 59.5 cm³/mol. The monoisotopic (exact) mass is 217 g/mol. The Labute approximate surface area is 91.6 Å². The predicted octanol–water partition coefficient (Wildman–Crippen LogP) is 2.65. The molecule has 0 aromatic heterocycles. The fourth-order valence-electron chi connectivity index (χ4n) is 2.06. The van der Waals surface area contributed by atoms with Crippen LogP contribution in [-0.2, 0) is 4.79 Å². The Hall–Kier alpha value is -0.240. The summed E-state index contributed by atoms with van der Waals surface area (Å²) in [7, 11) is 0. The van der Waals surface area contributed by atoms with Crippen molar-refractivity contribution in [3.05, 3.63) is 0 Å². The molecule has 3 heteroatoms. The van der Waals surface area contributed by atoms with E-state index in [4.69, 9.17) is 11.6 Å². The number of hydrogen-bond acceptors (Lipinski definition) is 1. The molecule has 0 spiro atoms. The molecule has 2 atom stereocenters. The Morgan fingerprint density at radius 1 is 1.57 bits per heavy atom. The van der Waals surface area contributed by atoms with Crippen LogP contribution in [0.3, 0.4) is 0 Å². The van der Waals surface area contributed by atoms with Gasteiger partial charge in [0.1, 0.15) is 0 Å². The Bertz CT molecular complexity index is 196. The van der Waals surface area contributed by atoms with Crippen molar-refractivity contribution in [3.63, 3.8) is 0 Å². The molecule has 1 rings (SSSR count). The van der Waals surface area contributed by atoms with Gasteiger partial charge in [-0.25, -0.2) is 0 Å². The highest BCUT2D eigenvalue weighted by atomic mass is 35.5. The largest absolute Gasteiger partial charge is 0.339 e. The number of rotatable bonds is 3. The van der Waals surface area contributed by atoms with Crippen LogP contribution in [0.25, 0.3) is 0 Å². The summed E-state index contributed by atoms with van der Waals surface area (Å²) >= 11 is 5.71. The van der Waals surface area contributed by atoms with Gasteiger partial charge in [0.05, 0.1) is 0 Å². The highest BCUT2D eigenvalue weighted by Crippen LogP contribution is 2.21. The van der Waals surface area contributed by atoms with Gasteiger partial charge in [0.15, 0.2) is 0 Å². The molecule has 14 heavy (non-hydrogen) atoms. The number of likely N-dealkylation sites (tertiary alicyclic amines) is 1. The molecule has 1 saturated heterocycles. The minimum atomic E-state index is -0.0242. The van der Waals surface area contributed by atoms with Crippen molar-refractivity contribution in [2.24, 2.45) is 5.92 Å². The normalized spacial score (nSPS) is 24.8. The van der Waals surface area contributed by atoms with E-state index in [1.807, 2.05) is 11.8 Å². The van der Waals surface area contributed by atoms with Crippen LogP contribution in [0.1, 0.15) is 39.5 Å². The minimum absolute atomic E-state index is 0.0242. The average molecular weight is 218 g/mol. The fraction of sp³-hybridized carbons (Fsp3) is 0.909. The zero-order valence-electron chi connectivity index (χ0n) is 9.13. The lowest BCUT2D eigenvalue weighted by Gasteiger charge is -2.36. The Morgan fingerprint density at radius 2 is 2.29 bits per heavy atom. The lowest BCUT2D eigenvalue weighted by atomic mass is 9.98. The number of halogens is 1. The van der Waals surface area contributed by atoms with Gasteiger partial charge < -0.3 is 4.90 Å². The summed E-state index contributed by atoms with van der Waals surface area (Å²) < 4.78 is 0. The lowest BCUT2D eigenvalue weighted by Crippen LogP contribution is -2.46. The van der Waals surface area contributed by atoms with Gasteiger partial charge in [0, 0.05) is 24.4 Å². The van der Waals surface area contributed by atoms with E-state index in [2.05, 4.69) is 6.92 Å². The summed E-state index contributed by atoms with van der Waals surface area (Å²) in [5, 5.41) is 0. The highest BCUT2D eigenvalue weighted by molar-refractivity contribution is 6.19. The van der Waals surface area contributed by atoms with E-state index in [9.17, 15) is 4.79 Å². The van der Waals surface area contributed by atoms with E-state index in [0.717, 1.165) is 25.8 Å². The van der Waals surface area contributed by atoms with Crippen molar-refractivity contribution in [1.82, 2.24) is 4.90 Å². The smallest absolute Gasteiger partial charge is 0.226 e. The molecule has 1 aliphatic heterocycles. The number of carbonyl (C=O) groups excluding carboxylic acids is 1. The third-order valence-electron chi connectivity index (χ3n) is 3.03. The molecule has 0 aliphatic carbocycles. The maximum atomic E-state index is 11.9. The minimum Gasteiger partial charge on any atom is -0.339 e. The summed E-state index contributed by atoms with van der Waals surface area (Å²) in [5.41, 5.74) is 0. The molecule has 0 aromatic carbocycles. The molecule has 1 amide bonds. The van der Waals surface area contributed by atoms with Crippen LogP contribution in [0.2, 0.25) is 0 Å². The molecule has 0 bridgehead atoms. The second kappa shape index (κ2) is 5.59. The van der Waals surface area contributed by atoms with Crippen LogP contribution in [-0.4, -0.2) is 29.3 Å². The van der Waals surface area contributed by atoms with Crippen molar-refractivity contribution >= 4 is 17.5 Å². The Balaban J connectivity index is 2.58. The Morgan fingerprint density at radius 3 is 2.86 bits per heavy atom. The highest BCUT2D eigenvalue weighted by Gasteiger charge is 2.27. The van der Waals surface area contributed by atoms with Gasteiger partial charge in [-0.15, -0.1) is 11.6 Å². The standard InChI is InChI=1S/C11H20ClNO/c1-3-10-6-4-5-7-13(10)11(14)9(2)8-12/h9-10H,3-8H2,1-2H3. The zero-order valence-corrected chi connectivity index (χ0v) is 9.89. The topological polar surface area (TPSA) is 20.3 Å². The number of alkyl halides is 1. The first-order valence-electron chi connectivity index (χ1n) is 5.57. The van der Waals surface area contributed by atoms with Crippen molar-refractivity contribution in [1.29, 1.82) is 0 Å². The first-order valence-corrected chi connectivity index (χ1v) is 6.10. The zero-order chi connectivity index (χ0) is 10.6. The molecule has 2 nitrogen and oxygen atoms in total. The van der Waals surface area contributed by atoms with Crippen molar-refractivity contribution < 1.29 is 4.79 Å². The SMILES string of the molecule is CCC1CCCCN1C(=O)C(C)CCl. The Kier molecular flexibility index (Phi) is 4.73. The average Bonchev–Trinajstić information content (AvgIpc) is 2.26. The molecule has 0 aromatic rings. The van der Waals surface area contributed by atoms with Crippen LogP contribution in [0.15, 0.2) is 0 Å². The molecule has 2 unspecified atom stereocenters. The maximum absolute atomic E-state index is 11.9. The molecular formula is C11H20ClNO. The van der Waals surface area contributed by atoms with Gasteiger partial charge >= 0.3 is 0 Å². The van der Waals surface area contributed by atoms with Crippen molar-refractivity contribution in [2.45, 2.75) is 45.6 Å². The van der Waals surface area contributed by atoms with Crippen LogP contribution in [0.4, 0.5) is 0 Å². The van der Waals surface area contributed by atoms with E-state index in [1.165, 1.54) is 6.42 Å². The molecule has 0 saturated carbocycles. The lowest BCUT2D eigenvalue weighted by molar-refractivity contribution is -0.138. The summed E-state index contributed by atoms with van der Waals surface area (Å²) in [6.45, 7) is 5.00. The summed E-state index contributed by atoms with van der Waals surface area (Å²) in [6.07, 6.45) is 4.65. The van der Waals surface area contributed by atoms with E-state index in [-0.39, 0.29) is 11.8 Å². The summed E-state index contributed by atoms with van der Waals surface area (Å²) in [4.78, 5) is 14.0. The van der Waals surface area contributed by atoms with Crippen molar-refractivity contribution in [3.8, 4) is 0 Å². The van der Waals surface area contributed by atoms with Crippen molar-refractivity contribution in [2.75, 3.05) is 12.4 Å². The van der Waals surface area contributed by atoms with E-state index >= 15 is 0 Å². The number of hydrogen-bond donors (Lipinski definition) is 0. The van der Waals surface area contributed by atoms with Crippen LogP contribution >= 0.6 is 11.6 Å². The first kappa shape index (κ1) is 11.8. The van der Waals surface area contributed by atoms with Crippen LogP contribution in [0.5, 0.6) is 0 Å². The van der Waals surface area contributed by atoms with Crippen LogP contribution < -0.4 is 0 Å².